The van der Waals surface area contributed by atoms with Gasteiger partial charge in [-0.05, 0) is 23.8 Å². The van der Waals surface area contributed by atoms with Crippen molar-refractivity contribution in [1.82, 2.24) is 0 Å². The first-order valence-corrected chi connectivity index (χ1v) is 7.77. The molecule has 0 aliphatic heterocycles. The lowest BCUT2D eigenvalue weighted by atomic mass is 10.1. The Balaban J connectivity index is 3.07. The molecule has 1 rings (SSSR count). The van der Waals surface area contributed by atoms with Gasteiger partial charge in [0.25, 0.3) is 0 Å². The number of halogens is 9. The molecule has 0 aliphatic carbocycles. The molecule has 0 heterocycles. The standard InChI is InChI=1S/C16H11ClF8O4/c17-9-3-1-8(2-4-9)5-10(11(26)28-6-15(22,23)13(18)19)12(27)29-7-16(24,25)14(20)21/h1-5,13-14H,6-7H2. The maximum atomic E-state index is 12.9. The van der Waals surface area contributed by atoms with Crippen LogP contribution in [0.25, 0.3) is 6.08 Å². The minimum atomic E-state index is -4.76. The molecule has 0 aromatic heterocycles. The third-order valence-electron chi connectivity index (χ3n) is 3.05. The van der Waals surface area contributed by atoms with E-state index >= 15 is 0 Å². The summed E-state index contributed by atoms with van der Waals surface area (Å²) in [6.07, 6.45) is -7.77. The van der Waals surface area contributed by atoms with Gasteiger partial charge in [-0.1, -0.05) is 23.7 Å². The van der Waals surface area contributed by atoms with E-state index in [0.717, 1.165) is 0 Å². The highest BCUT2D eigenvalue weighted by Crippen LogP contribution is 2.25. The van der Waals surface area contributed by atoms with Gasteiger partial charge in [-0.2, -0.15) is 17.6 Å². The predicted molar refractivity (Wildman–Crippen MR) is 83.2 cm³/mol. The van der Waals surface area contributed by atoms with Crippen LogP contribution in [-0.4, -0.2) is 49.8 Å². The first-order chi connectivity index (χ1) is 13.3. The fourth-order valence-corrected chi connectivity index (χ4v) is 1.66. The van der Waals surface area contributed by atoms with Crippen molar-refractivity contribution in [1.29, 1.82) is 0 Å². The number of benzene rings is 1. The number of esters is 2. The van der Waals surface area contributed by atoms with Crippen LogP contribution in [0, 0.1) is 0 Å². The van der Waals surface area contributed by atoms with Gasteiger partial charge in [0.2, 0.25) is 0 Å². The normalized spacial score (nSPS) is 12.1. The Labute approximate surface area is 163 Å². The molecule has 162 valence electrons. The Hall–Kier alpha value is -2.37. The average molecular weight is 455 g/mol. The maximum absolute atomic E-state index is 12.9. The van der Waals surface area contributed by atoms with Gasteiger partial charge in [0, 0.05) is 5.02 Å². The van der Waals surface area contributed by atoms with E-state index in [4.69, 9.17) is 11.6 Å². The predicted octanol–water partition coefficient (Wildman–Crippen LogP) is 4.61. The van der Waals surface area contributed by atoms with Gasteiger partial charge >= 0.3 is 36.6 Å². The Bertz CT molecular complexity index is 712. The van der Waals surface area contributed by atoms with E-state index in [9.17, 15) is 44.7 Å². The van der Waals surface area contributed by atoms with E-state index in [2.05, 4.69) is 9.47 Å². The third-order valence-corrected chi connectivity index (χ3v) is 3.30. The molecule has 0 aliphatic rings. The molecule has 0 unspecified atom stereocenters. The minimum Gasteiger partial charge on any atom is -0.455 e. The second-order valence-corrected chi connectivity index (χ2v) is 5.82. The van der Waals surface area contributed by atoms with E-state index in [1.165, 1.54) is 24.3 Å². The lowest BCUT2D eigenvalue weighted by molar-refractivity contribution is -0.182. The van der Waals surface area contributed by atoms with Gasteiger partial charge in [0.15, 0.2) is 13.2 Å². The molecule has 0 radical (unpaired) electrons. The number of alkyl halides is 8. The summed E-state index contributed by atoms with van der Waals surface area (Å²) in [7, 11) is 0. The summed E-state index contributed by atoms with van der Waals surface area (Å²) in [6.45, 7) is -4.27. The minimum absolute atomic E-state index is 0.000426. The summed E-state index contributed by atoms with van der Waals surface area (Å²) in [4.78, 5) is 23.7. The number of hydrogen-bond donors (Lipinski definition) is 0. The van der Waals surface area contributed by atoms with Crippen molar-refractivity contribution in [2.45, 2.75) is 24.7 Å². The molecule has 0 spiro atoms. The number of hydrogen-bond acceptors (Lipinski definition) is 4. The number of ether oxygens (including phenoxy) is 2. The monoisotopic (exact) mass is 454 g/mol. The summed E-state index contributed by atoms with van der Waals surface area (Å²) in [5.74, 6) is -13.4. The fraction of sp³-hybridized carbons (Fsp3) is 0.375. The zero-order chi connectivity index (χ0) is 22.4. The summed E-state index contributed by atoms with van der Waals surface area (Å²) in [5.41, 5.74) is -1.28. The first kappa shape index (κ1) is 24.7. The molecule has 0 saturated carbocycles. The molecule has 0 fully saturated rings. The number of carbonyl (C=O) groups is 2. The molecule has 4 nitrogen and oxygen atoms in total. The van der Waals surface area contributed by atoms with E-state index in [0.29, 0.717) is 6.08 Å². The van der Waals surface area contributed by atoms with E-state index in [1.807, 2.05) is 0 Å². The van der Waals surface area contributed by atoms with Gasteiger partial charge in [0.05, 0.1) is 0 Å². The lowest BCUT2D eigenvalue weighted by Crippen LogP contribution is -2.36. The molecule has 0 amide bonds. The van der Waals surface area contributed by atoms with E-state index in [1.54, 1.807) is 0 Å². The highest BCUT2D eigenvalue weighted by atomic mass is 35.5. The SMILES string of the molecule is O=C(OCC(F)(F)C(F)F)C(=Cc1ccc(Cl)cc1)C(=O)OCC(F)(F)C(F)F. The van der Waals surface area contributed by atoms with Crippen molar-refractivity contribution in [2.75, 3.05) is 13.2 Å². The van der Waals surface area contributed by atoms with Gasteiger partial charge in [-0.25, -0.2) is 27.2 Å². The first-order valence-electron chi connectivity index (χ1n) is 7.39. The second kappa shape index (κ2) is 9.90. The van der Waals surface area contributed by atoms with Crippen molar-refractivity contribution in [3.05, 3.63) is 40.4 Å². The molecule has 1 aromatic carbocycles. The summed E-state index contributed by atoms with van der Waals surface area (Å²) >= 11 is 5.62. The highest BCUT2D eigenvalue weighted by molar-refractivity contribution is 6.30. The molecule has 0 saturated heterocycles. The quantitative estimate of drug-likeness (QED) is 0.180. The van der Waals surface area contributed by atoms with Crippen LogP contribution in [0.4, 0.5) is 35.1 Å². The summed E-state index contributed by atoms with van der Waals surface area (Å²) in [5, 5.41) is 0.210. The van der Waals surface area contributed by atoms with Crippen LogP contribution in [0.5, 0.6) is 0 Å². The van der Waals surface area contributed by atoms with Crippen LogP contribution in [0.1, 0.15) is 5.56 Å². The Morgan fingerprint density at radius 3 is 1.59 bits per heavy atom. The fourth-order valence-electron chi connectivity index (χ4n) is 1.53. The molecule has 1 aromatic rings. The van der Waals surface area contributed by atoms with Gasteiger partial charge in [0.1, 0.15) is 5.57 Å². The second-order valence-electron chi connectivity index (χ2n) is 5.39. The largest absolute Gasteiger partial charge is 0.455 e. The Morgan fingerprint density at radius 1 is 0.862 bits per heavy atom. The highest BCUT2D eigenvalue weighted by Gasteiger charge is 2.44. The van der Waals surface area contributed by atoms with Crippen LogP contribution < -0.4 is 0 Å². The van der Waals surface area contributed by atoms with E-state index < -0.39 is 55.4 Å². The molecule has 29 heavy (non-hydrogen) atoms. The zero-order valence-corrected chi connectivity index (χ0v) is 14.7. The van der Waals surface area contributed by atoms with Crippen molar-refractivity contribution < 1.29 is 54.2 Å². The van der Waals surface area contributed by atoms with E-state index in [-0.39, 0.29) is 10.6 Å². The van der Waals surface area contributed by atoms with Crippen molar-refractivity contribution in [2.24, 2.45) is 0 Å². The summed E-state index contributed by atoms with van der Waals surface area (Å²) in [6, 6.07) is 4.92. The lowest BCUT2D eigenvalue weighted by Gasteiger charge is -2.17. The molecular formula is C16H11ClF8O4. The van der Waals surface area contributed by atoms with Crippen LogP contribution in [-0.2, 0) is 19.1 Å². The van der Waals surface area contributed by atoms with Crippen LogP contribution in [0.15, 0.2) is 29.8 Å². The van der Waals surface area contributed by atoms with Crippen LogP contribution in [0.2, 0.25) is 5.02 Å². The summed E-state index contributed by atoms with van der Waals surface area (Å²) < 4.78 is 108. The van der Waals surface area contributed by atoms with Crippen molar-refractivity contribution in [3.8, 4) is 0 Å². The Kier molecular flexibility index (Phi) is 8.42. The maximum Gasteiger partial charge on any atom is 0.345 e. The van der Waals surface area contributed by atoms with Crippen molar-refractivity contribution >= 4 is 29.6 Å². The van der Waals surface area contributed by atoms with Gasteiger partial charge in [-0.3, -0.25) is 0 Å². The molecular weight excluding hydrogens is 444 g/mol. The number of rotatable bonds is 9. The topological polar surface area (TPSA) is 52.6 Å². The van der Waals surface area contributed by atoms with Gasteiger partial charge in [-0.15, -0.1) is 0 Å². The van der Waals surface area contributed by atoms with Crippen molar-refractivity contribution in [3.63, 3.8) is 0 Å². The smallest absolute Gasteiger partial charge is 0.345 e. The molecule has 0 bridgehead atoms. The van der Waals surface area contributed by atoms with Crippen LogP contribution in [0.3, 0.4) is 0 Å². The average Bonchev–Trinajstić information content (AvgIpc) is 2.63. The molecule has 0 N–H and O–H groups in total. The third kappa shape index (κ3) is 7.52. The molecule has 13 heteroatoms. The number of carbonyl (C=O) groups excluding carboxylic acids is 2. The zero-order valence-electron chi connectivity index (χ0n) is 14.0. The molecule has 0 atom stereocenters. The Morgan fingerprint density at radius 2 is 1.24 bits per heavy atom. The van der Waals surface area contributed by atoms with Crippen LogP contribution >= 0.6 is 11.6 Å². The van der Waals surface area contributed by atoms with Gasteiger partial charge < -0.3 is 9.47 Å².